The lowest BCUT2D eigenvalue weighted by Gasteiger charge is -2.49. The number of benzene rings is 5. The summed E-state index contributed by atoms with van der Waals surface area (Å²) in [6.07, 6.45) is -0.892. The molecule has 6 aromatic rings. The molecule has 1 fully saturated rings. The van der Waals surface area contributed by atoms with Crippen LogP contribution in [0.2, 0.25) is 0 Å². The van der Waals surface area contributed by atoms with Crippen molar-refractivity contribution in [3.8, 4) is 0 Å². The maximum Gasteiger partial charge on any atom is 0.413 e. The Morgan fingerprint density at radius 2 is 1.28 bits per heavy atom. The topological polar surface area (TPSA) is 192 Å². The van der Waals surface area contributed by atoms with Gasteiger partial charge in [-0.25, -0.2) is 14.6 Å². The summed E-state index contributed by atoms with van der Waals surface area (Å²) in [4.78, 5) is 68.6. The fourth-order valence-electron chi connectivity index (χ4n) is 7.61. The standard InChI is InChI=1S/C50H45N5O10S3/c1-49(2,3)63-48(59)53-47-51-37(30-67-47)39(54-65-50(34-24-14-7-15-25-34,35-26-16-8-17-27-35)36-28-18-9-19-29-36)43(56)52-40-44(57)55-41(38(31-66-45(40)55)64-68(4,60)61)46(58)62-42(32-20-10-5-11-21-32)33-22-12-6-13-23-33/h5-30,40,42,45H,31H2,1-4H3,(H,52,56)(H,51,53,59)/b54-39-/t40?,45-/m0/s1. The van der Waals surface area contributed by atoms with Gasteiger partial charge >= 0.3 is 22.2 Å². The maximum absolute atomic E-state index is 14.8. The molecule has 0 radical (unpaired) electrons. The minimum Gasteiger partial charge on any atom is -0.448 e. The number of nitrogens with zero attached hydrogens (tertiary/aromatic N) is 3. The van der Waals surface area contributed by atoms with Crippen LogP contribution in [0.5, 0.6) is 0 Å². The Labute approximate surface area is 401 Å². The number of amides is 3. The third-order valence-electron chi connectivity index (χ3n) is 10.5. The average Bonchev–Trinajstić information content (AvgIpc) is 3.78. The predicted molar refractivity (Wildman–Crippen MR) is 258 cm³/mol. The molecule has 2 N–H and O–H groups in total. The van der Waals surface area contributed by atoms with Crippen LogP contribution in [-0.2, 0) is 48.6 Å². The van der Waals surface area contributed by atoms with E-state index in [4.69, 9.17) is 18.5 Å². The molecule has 348 valence electrons. The first-order valence-electron chi connectivity index (χ1n) is 21.2. The van der Waals surface area contributed by atoms with Gasteiger partial charge in [-0.1, -0.05) is 157 Å². The third kappa shape index (κ3) is 10.5. The Hall–Kier alpha value is -7.28. The second-order valence-electron chi connectivity index (χ2n) is 16.5. The second kappa shape index (κ2) is 19.9. The molecule has 1 unspecified atom stereocenters. The first-order valence-corrected chi connectivity index (χ1v) is 24.9. The van der Waals surface area contributed by atoms with Gasteiger partial charge in [0.15, 0.2) is 28.4 Å². The van der Waals surface area contributed by atoms with Crippen molar-refractivity contribution in [3.05, 3.63) is 202 Å². The predicted octanol–water partition coefficient (Wildman–Crippen LogP) is 8.12. The Morgan fingerprint density at radius 1 is 0.779 bits per heavy atom. The molecule has 3 heterocycles. The highest BCUT2D eigenvalue weighted by Gasteiger charge is 2.56. The number of β-lactam (4-membered cyclic amide) rings is 1. The van der Waals surface area contributed by atoms with Gasteiger partial charge in [0.2, 0.25) is 5.60 Å². The summed E-state index contributed by atoms with van der Waals surface area (Å²) >= 11 is 2.07. The van der Waals surface area contributed by atoms with Crippen molar-refractivity contribution in [3.63, 3.8) is 0 Å². The van der Waals surface area contributed by atoms with Gasteiger partial charge < -0.3 is 23.8 Å². The SMILES string of the molecule is CC(C)(C)OC(=O)Nc1nc(/C(=N/OC(c2ccccc2)(c2ccccc2)c2ccccc2)C(=O)NC2C(=O)N3C(C(=O)OC(c4ccccc4)c4ccccc4)=C(OS(C)(=O)=O)CS[C@@H]23)cs1. The molecule has 18 heteroatoms. The van der Waals surface area contributed by atoms with E-state index in [1.807, 2.05) is 103 Å². The smallest absolute Gasteiger partial charge is 0.413 e. The molecule has 5 aromatic carbocycles. The Bertz CT molecular complexity index is 2830. The maximum atomic E-state index is 14.8. The zero-order valence-corrected chi connectivity index (χ0v) is 39.5. The van der Waals surface area contributed by atoms with Crippen LogP contribution in [0, 0.1) is 0 Å². The van der Waals surface area contributed by atoms with E-state index in [0.717, 1.165) is 34.3 Å². The number of anilines is 1. The molecule has 68 heavy (non-hydrogen) atoms. The van der Waals surface area contributed by atoms with Gasteiger partial charge in [-0.3, -0.25) is 19.8 Å². The lowest BCUT2D eigenvalue weighted by molar-refractivity contribution is -0.154. The van der Waals surface area contributed by atoms with Crippen LogP contribution in [0.1, 0.15) is 60.4 Å². The van der Waals surface area contributed by atoms with E-state index < -0.39 is 68.4 Å². The highest BCUT2D eigenvalue weighted by Crippen LogP contribution is 2.43. The van der Waals surface area contributed by atoms with E-state index in [1.165, 1.54) is 5.38 Å². The van der Waals surface area contributed by atoms with Gasteiger partial charge in [0.05, 0.1) is 12.0 Å². The van der Waals surface area contributed by atoms with E-state index in [2.05, 4.69) is 20.8 Å². The van der Waals surface area contributed by atoms with Crippen molar-refractivity contribution in [2.45, 2.75) is 49.5 Å². The molecular formula is C50H45N5O10S3. The summed E-state index contributed by atoms with van der Waals surface area (Å²) in [7, 11) is -4.18. The lowest BCUT2D eigenvalue weighted by atomic mass is 9.80. The van der Waals surface area contributed by atoms with Crippen LogP contribution in [0.25, 0.3) is 0 Å². The number of carbonyl (C=O) groups excluding carboxylic acids is 4. The quantitative estimate of drug-likeness (QED) is 0.0251. The minimum absolute atomic E-state index is 0.0116. The molecular weight excluding hydrogens is 927 g/mol. The molecule has 2 aliphatic heterocycles. The first-order chi connectivity index (χ1) is 32.6. The number of esters is 1. The number of oxime groups is 1. The molecule has 1 aromatic heterocycles. The van der Waals surface area contributed by atoms with Crippen molar-refractivity contribution < 1.29 is 46.1 Å². The zero-order chi connectivity index (χ0) is 48.1. The molecule has 15 nitrogen and oxygen atoms in total. The Balaban J connectivity index is 1.15. The molecule has 0 saturated carbocycles. The number of aromatic nitrogens is 1. The van der Waals surface area contributed by atoms with Gasteiger partial charge in [0.25, 0.3) is 11.8 Å². The number of ether oxygens (including phenoxy) is 2. The third-order valence-corrected chi connectivity index (χ3v) is 13.0. The van der Waals surface area contributed by atoms with Crippen LogP contribution in [-0.4, -0.2) is 76.9 Å². The van der Waals surface area contributed by atoms with E-state index in [0.29, 0.717) is 27.8 Å². The lowest BCUT2D eigenvalue weighted by Crippen LogP contribution is -2.71. The van der Waals surface area contributed by atoms with E-state index in [1.54, 1.807) is 69.3 Å². The van der Waals surface area contributed by atoms with Crippen molar-refractivity contribution in [2.24, 2.45) is 5.16 Å². The van der Waals surface area contributed by atoms with Gasteiger partial charge in [0, 0.05) is 22.1 Å². The number of nitrogens with one attached hydrogen (secondary N) is 2. The van der Waals surface area contributed by atoms with E-state index >= 15 is 0 Å². The van der Waals surface area contributed by atoms with E-state index in [-0.39, 0.29) is 28.0 Å². The Kier molecular flexibility index (Phi) is 13.8. The monoisotopic (exact) mass is 971 g/mol. The number of hydrogen-bond donors (Lipinski definition) is 2. The van der Waals surface area contributed by atoms with Gasteiger partial charge in [0.1, 0.15) is 22.7 Å². The minimum atomic E-state index is -4.18. The highest BCUT2D eigenvalue weighted by molar-refractivity contribution is 8.00. The van der Waals surface area contributed by atoms with Gasteiger partial charge in [-0.05, 0) is 31.9 Å². The van der Waals surface area contributed by atoms with Crippen molar-refractivity contribution in [1.82, 2.24) is 15.2 Å². The summed E-state index contributed by atoms with van der Waals surface area (Å²) in [5.41, 5.74) is 0.242. The van der Waals surface area contributed by atoms with Crippen LogP contribution in [0.4, 0.5) is 9.93 Å². The molecule has 2 aliphatic rings. The van der Waals surface area contributed by atoms with Crippen molar-refractivity contribution in [2.75, 3.05) is 17.3 Å². The average molecular weight is 972 g/mol. The molecule has 0 spiro atoms. The summed E-state index contributed by atoms with van der Waals surface area (Å²) in [6, 6.07) is 44.6. The number of carbonyl (C=O) groups is 4. The fraction of sp³-hybridized carbons (Fsp3) is 0.200. The first kappa shape index (κ1) is 47.2. The number of rotatable bonds is 15. The molecule has 8 rings (SSSR count). The van der Waals surface area contributed by atoms with Crippen molar-refractivity contribution >= 4 is 67.9 Å². The summed E-state index contributed by atoms with van der Waals surface area (Å²) in [5, 5.41) is 10.6. The van der Waals surface area contributed by atoms with Gasteiger partial charge in [-0.2, -0.15) is 8.42 Å². The van der Waals surface area contributed by atoms with Crippen molar-refractivity contribution in [1.29, 1.82) is 0 Å². The molecule has 2 atom stereocenters. The second-order valence-corrected chi connectivity index (χ2v) is 20.0. The Morgan fingerprint density at radius 3 is 1.76 bits per heavy atom. The molecule has 3 amide bonds. The number of thioether (sulfide) groups is 1. The fourth-order valence-corrected chi connectivity index (χ4v) is 10.1. The summed E-state index contributed by atoms with van der Waals surface area (Å²) < 4.78 is 41.9. The van der Waals surface area contributed by atoms with Gasteiger partial charge in [-0.15, -0.1) is 23.1 Å². The number of thiazole rings is 1. The van der Waals surface area contributed by atoms with Crippen LogP contribution < -0.4 is 10.6 Å². The summed E-state index contributed by atoms with van der Waals surface area (Å²) in [5.74, 6) is -3.15. The van der Waals surface area contributed by atoms with Crippen LogP contribution in [0.15, 0.2) is 174 Å². The number of fused-ring (bicyclic) bond motifs is 1. The molecule has 0 bridgehead atoms. The van der Waals surface area contributed by atoms with Crippen LogP contribution in [0.3, 0.4) is 0 Å². The van der Waals surface area contributed by atoms with E-state index in [9.17, 15) is 27.6 Å². The number of hydrogen-bond acceptors (Lipinski definition) is 14. The summed E-state index contributed by atoms with van der Waals surface area (Å²) in [6.45, 7) is 5.14. The molecule has 0 aliphatic carbocycles. The normalized spacial score (nSPS) is 16.3. The highest BCUT2D eigenvalue weighted by atomic mass is 32.2. The molecule has 1 saturated heterocycles. The van der Waals surface area contributed by atoms with Crippen LogP contribution >= 0.6 is 23.1 Å². The zero-order valence-electron chi connectivity index (χ0n) is 37.1. The largest absolute Gasteiger partial charge is 0.448 e.